The Balaban J connectivity index is 2.24. The molecule has 1 aromatic rings. The molecule has 0 aliphatic rings. The topological polar surface area (TPSA) is 61.4 Å². The third-order valence-corrected chi connectivity index (χ3v) is 4.29. The van der Waals surface area contributed by atoms with E-state index in [1.807, 2.05) is 12.1 Å². The number of hydrogen-bond donors (Lipinski definition) is 2. The molecule has 0 saturated heterocycles. The molecule has 0 bridgehead atoms. The number of carbonyl (C=O) groups excluding carboxylic acids is 2. The van der Waals surface area contributed by atoms with E-state index in [0.29, 0.717) is 30.7 Å². The van der Waals surface area contributed by atoms with E-state index >= 15 is 0 Å². The first-order valence-corrected chi connectivity index (χ1v) is 9.16. The Hall–Kier alpha value is -1.40. The molecule has 0 unspecified atom stereocenters. The van der Waals surface area contributed by atoms with Crippen LogP contribution >= 0.6 is 15.9 Å². The Kier molecular flexibility index (Phi) is 9.00. The predicted molar refractivity (Wildman–Crippen MR) is 101 cm³/mol. The Morgan fingerprint density at radius 1 is 1.00 bits per heavy atom. The highest BCUT2D eigenvalue weighted by Crippen LogP contribution is 2.10. The van der Waals surface area contributed by atoms with Gasteiger partial charge in [0.05, 0.1) is 0 Å². The van der Waals surface area contributed by atoms with Gasteiger partial charge in [0.1, 0.15) is 0 Å². The van der Waals surface area contributed by atoms with E-state index in [1.54, 1.807) is 12.1 Å². The molecule has 0 heterocycles. The number of amides is 2. The molecule has 0 spiro atoms. The minimum absolute atomic E-state index is 0.0430. The van der Waals surface area contributed by atoms with E-state index in [0.717, 1.165) is 11.0 Å². The van der Waals surface area contributed by atoms with Crippen LogP contribution in [0.2, 0.25) is 0 Å². The lowest BCUT2D eigenvalue weighted by Gasteiger charge is -2.30. The summed E-state index contributed by atoms with van der Waals surface area (Å²) in [7, 11) is 0. The fourth-order valence-corrected chi connectivity index (χ4v) is 2.78. The summed E-state index contributed by atoms with van der Waals surface area (Å²) in [5, 5.41) is 5.67. The fraction of sp³-hybridized carbons (Fsp3) is 0.556. The summed E-state index contributed by atoms with van der Waals surface area (Å²) >= 11 is 3.33. The molecule has 0 aromatic heterocycles. The van der Waals surface area contributed by atoms with Gasteiger partial charge in [0.2, 0.25) is 5.91 Å². The van der Waals surface area contributed by atoms with Crippen LogP contribution in [0.1, 0.15) is 44.5 Å². The maximum Gasteiger partial charge on any atom is 0.251 e. The lowest BCUT2D eigenvalue weighted by molar-refractivity contribution is -0.121. The van der Waals surface area contributed by atoms with Crippen LogP contribution in [0.15, 0.2) is 28.7 Å². The zero-order valence-corrected chi connectivity index (χ0v) is 16.5. The second-order valence-electron chi connectivity index (χ2n) is 6.29. The number of hydrogen-bond acceptors (Lipinski definition) is 3. The first-order valence-electron chi connectivity index (χ1n) is 8.37. The lowest BCUT2D eigenvalue weighted by atomic mass is 10.2. The maximum atomic E-state index is 11.9. The van der Waals surface area contributed by atoms with Crippen molar-refractivity contribution >= 4 is 27.7 Å². The molecule has 24 heavy (non-hydrogen) atoms. The van der Waals surface area contributed by atoms with Gasteiger partial charge in [0, 0.05) is 48.2 Å². The average Bonchev–Trinajstić information content (AvgIpc) is 2.51. The van der Waals surface area contributed by atoms with Crippen molar-refractivity contribution in [2.45, 2.75) is 46.2 Å². The van der Waals surface area contributed by atoms with Crippen molar-refractivity contribution < 1.29 is 9.59 Å². The highest BCUT2D eigenvalue weighted by Gasteiger charge is 2.13. The Bertz CT molecular complexity index is 522. The Morgan fingerprint density at radius 3 is 2.12 bits per heavy atom. The first kappa shape index (κ1) is 20.6. The summed E-state index contributed by atoms with van der Waals surface area (Å²) in [6.07, 6.45) is 0.283. The molecule has 1 rings (SSSR count). The van der Waals surface area contributed by atoms with Crippen molar-refractivity contribution in [1.82, 2.24) is 15.5 Å². The predicted octanol–water partition coefficient (Wildman–Crippen LogP) is 2.80. The molecule has 2 N–H and O–H groups in total. The fourth-order valence-electron chi connectivity index (χ4n) is 2.52. The first-order chi connectivity index (χ1) is 11.3. The van der Waals surface area contributed by atoms with E-state index in [-0.39, 0.29) is 18.2 Å². The van der Waals surface area contributed by atoms with E-state index in [2.05, 4.69) is 59.2 Å². The minimum Gasteiger partial charge on any atom is -0.355 e. The summed E-state index contributed by atoms with van der Waals surface area (Å²) < 4.78 is 0.926. The van der Waals surface area contributed by atoms with Crippen LogP contribution in [0.5, 0.6) is 0 Å². The lowest BCUT2D eigenvalue weighted by Crippen LogP contribution is -2.42. The third-order valence-electron chi connectivity index (χ3n) is 3.76. The molecule has 0 fully saturated rings. The zero-order chi connectivity index (χ0) is 18.1. The normalized spacial score (nSPS) is 11.2. The number of nitrogens with zero attached hydrogens (tertiary/aromatic N) is 1. The monoisotopic (exact) mass is 397 g/mol. The molecule has 0 radical (unpaired) electrons. The summed E-state index contributed by atoms with van der Waals surface area (Å²) in [6.45, 7) is 10.4. The quantitative estimate of drug-likeness (QED) is 0.673. The molecule has 0 aliphatic carbocycles. The summed E-state index contributed by atoms with van der Waals surface area (Å²) in [4.78, 5) is 26.1. The molecule has 0 atom stereocenters. The van der Waals surface area contributed by atoms with Crippen LogP contribution in [0.3, 0.4) is 0 Å². The van der Waals surface area contributed by atoms with Crippen LogP contribution < -0.4 is 10.6 Å². The van der Waals surface area contributed by atoms with Crippen molar-refractivity contribution in [1.29, 1.82) is 0 Å². The Labute approximate surface area is 153 Å². The van der Waals surface area contributed by atoms with Crippen LogP contribution in [0.4, 0.5) is 0 Å². The smallest absolute Gasteiger partial charge is 0.251 e. The van der Waals surface area contributed by atoms with Gasteiger partial charge in [-0.1, -0.05) is 15.9 Å². The summed E-state index contributed by atoms with van der Waals surface area (Å²) in [5.74, 6) is -0.209. The molecule has 5 nitrogen and oxygen atoms in total. The van der Waals surface area contributed by atoms with Gasteiger partial charge in [-0.15, -0.1) is 0 Å². The second kappa shape index (κ2) is 10.5. The molecule has 134 valence electrons. The number of halogens is 1. The molecule has 2 amide bonds. The van der Waals surface area contributed by atoms with Crippen molar-refractivity contribution in [2.24, 2.45) is 0 Å². The van der Waals surface area contributed by atoms with Crippen LogP contribution in [0, 0.1) is 0 Å². The van der Waals surface area contributed by atoms with Crippen molar-refractivity contribution in [3.8, 4) is 0 Å². The van der Waals surface area contributed by atoms with Gasteiger partial charge in [0.25, 0.3) is 5.91 Å². The van der Waals surface area contributed by atoms with Crippen LogP contribution in [-0.4, -0.2) is 48.4 Å². The third kappa shape index (κ3) is 7.45. The standard InChI is InChI=1S/C18H28BrN3O2/c1-13(2)22(14(3)4)12-11-20-17(23)9-10-21-18(24)15-5-7-16(19)8-6-15/h5-8,13-14H,9-12H2,1-4H3,(H,20,23)(H,21,24). The van der Waals surface area contributed by atoms with Gasteiger partial charge in [-0.3, -0.25) is 14.5 Å². The molecule has 0 aliphatic heterocycles. The van der Waals surface area contributed by atoms with Gasteiger partial charge in [-0.05, 0) is 52.0 Å². The average molecular weight is 398 g/mol. The minimum atomic E-state index is -0.166. The van der Waals surface area contributed by atoms with Gasteiger partial charge in [-0.25, -0.2) is 0 Å². The van der Waals surface area contributed by atoms with E-state index in [9.17, 15) is 9.59 Å². The van der Waals surface area contributed by atoms with Crippen molar-refractivity contribution in [3.63, 3.8) is 0 Å². The number of rotatable bonds is 9. The largest absolute Gasteiger partial charge is 0.355 e. The highest BCUT2D eigenvalue weighted by molar-refractivity contribution is 9.10. The summed E-state index contributed by atoms with van der Waals surface area (Å²) in [5.41, 5.74) is 0.586. The van der Waals surface area contributed by atoms with E-state index < -0.39 is 0 Å². The number of carbonyl (C=O) groups is 2. The Morgan fingerprint density at radius 2 is 1.58 bits per heavy atom. The molecule has 1 aromatic carbocycles. The molecule has 0 saturated carbocycles. The van der Waals surface area contributed by atoms with Gasteiger partial charge < -0.3 is 10.6 Å². The van der Waals surface area contributed by atoms with Gasteiger partial charge in [0.15, 0.2) is 0 Å². The van der Waals surface area contributed by atoms with Crippen molar-refractivity contribution in [3.05, 3.63) is 34.3 Å². The summed E-state index contributed by atoms with van der Waals surface area (Å²) in [6, 6.07) is 8.02. The molecular weight excluding hydrogens is 370 g/mol. The second-order valence-corrected chi connectivity index (χ2v) is 7.20. The SMILES string of the molecule is CC(C)N(CCNC(=O)CCNC(=O)c1ccc(Br)cc1)C(C)C. The maximum absolute atomic E-state index is 11.9. The number of benzene rings is 1. The highest BCUT2D eigenvalue weighted by atomic mass is 79.9. The molecule has 6 heteroatoms. The number of nitrogens with one attached hydrogen (secondary N) is 2. The van der Waals surface area contributed by atoms with Gasteiger partial charge in [-0.2, -0.15) is 0 Å². The van der Waals surface area contributed by atoms with Gasteiger partial charge >= 0.3 is 0 Å². The van der Waals surface area contributed by atoms with Crippen LogP contribution in [0.25, 0.3) is 0 Å². The van der Waals surface area contributed by atoms with Crippen LogP contribution in [-0.2, 0) is 4.79 Å². The molecular formula is C18H28BrN3O2. The van der Waals surface area contributed by atoms with E-state index in [4.69, 9.17) is 0 Å². The van der Waals surface area contributed by atoms with Crippen molar-refractivity contribution in [2.75, 3.05) is 19.6 Å². The van der Waals surface area contributed by atoms with E-state index in [1.165, 1.54) is 0 Å². The zero-order valence-electron chi connectivity index (χ0n) is 14.9.